The fourth-order valence-electron chi connectivity index (χ4n) is 2.95. The van der Waals surface area contributed by atoms with E-state index >= 15 is 0 Å². The number of ether oxygens (including phenoxy) is 1. The maximum Gasteiger partial charge on any atom is 0.326 e. The fraction of sp³-hybridized carbons (Fsp3) is 0.588. The summed E-state index contributed by atoms with van der Waals surface area (Å²) in [5, 5.41) is 4.51. The number of amides is 5. The van der Waals surface area contributed by atoms with E-state index in [0.717, 1.165) is 4.90 Å². The minimum absolute atomic E-state index is 0.161. The molecule has 26 heavy (non-hydrogen) atoms. The molecule has 1 fully saturated rings. The number of hydrogen-bond acceptors (Lipinski definition) is 6. The Hall–Kier alpha value is -2.71. The maximum atomic E-state index is 12.3. The molecular formula is C17H23N3O6. The summed E-state index contributed by atoms with van der Waals surface area (Å²) in [4.78, 5) is 60.8. The van der Waals surface area contributed by atoms with E-state index in [9.17, 15) is 24.0 Å². The van der Waals surface area contributed by atoms with Crippen molar-refractivity contribution in [2.24, 2.45) is 11.8 Å². The molecule has 1 saturated heterocycles. The van der Waals surface area contributed by atoms with Gasteiger partial charge in [0, 0.05) is 6.04 Å². The third-order valence-electron chi connectivity index (χ3n) is 4.22. The van der Waals surface area contributed by atoms with E-state index in [1.807, 2.05) is 17.5 Å². The zero-order valence-corrected chi connectivity index (χ0v) is 15.0. The molecule has 0 aromatic rings. The number of hydrogen-bond donors (Lipinski definition) is 2. The number of nitrogens with zero attached hydrogens (tertiary/aromatic N) is 1. The van der Waals surface area contributed by atoms with Crippen molar-refractivity contribution in [3.63, 3.8) is 0 Å². The van der Waals surface area contributed by atoms with Gasteiger partial charge in [0.25, 0.3) is 5.91 Å². The molecule has 2 rings (SSSR count). The van der Waals surface area contributed by atoms with Crippen LogP contribution >= 0.6 is 0 Å². The number of imide groups is 2. The summed E-state index contributed by atoms with van der Waals surface area (Å²) in [6.45, 7) is 4.21. The van der Waals surface area contributed by atoms with Gasteiger partial charge >= 0.3 is 12.0 Å². The normalized spacial score (nSPS) is 22.8. The second-order valence-corrected chi connectivity index (χ2v) is 6.67. The third kappa shape index (κ3) is 4.47. The standard InChI is InChI=1S/C17H23N3O6/c1-9(2)18-17(25)19-14(22)10(3)26-13(21)8-20-15(23)11-6-4-5-7-12(11)16(20)24/h4-5,9-12H,6-8H2,1-3H3,(H2,18,19,22,25). The zero-order chi connectivity index (χ0) is 19.4. The van der Waals surface area contributed by atoms with E-state index in [0.29, 0.717) is 12.8 Å². The molecule has 1 heterocycles. The molecule has 0 aromatic heterocycles. The third-order valence-corrected chi connectivity index (χ3v) is 4.22. The van der Waals surface area contributed by atoms with Crippen molar-refractivity contribution in [1.82, 2.24) is 15.5 Å². The van der Waals surface area contributed by atoms with Gasteiger partial charge in [-0.15, -0.1) is 0 Å². The molecule has 142 valence electrons. The second kappa shape index (κ2) is 8.11. The topological polar surface area (TPSA) is 122 Å². The highest BCUT2D eigenvalue weighted by Crippen LogP contribution is 2.34. The lowest BCUT2D eigenvalue weighted by Crippen LogP contribution is -2.47. The Morgan fingerprint density at radius 2 is 1.65 bits per heavy atom. The van der Waals surface area contributed by atoms with Gasteiger partial charge < -0.3 is 10.1 Å². The van der Waals surface area contributed by atoms with Gasteiger partial charge in [0.2, 0.25) is 11.8 Å². The Balaban J connectivity index is 1.86. The van der Waals surface area contributed by atoms with Crippen LogP contribution in [0.15, 0.2) is 12.2 Å². The number of allylic oxidation sites excluding steroid dienone is 2. The molecule has 9 nitrogen and oxygen atoms in total. The van der Waals surface area contributed by atoms with Crippen LogP contribution in [0.4, 0.5) is 4.79 Å². The first-order valence-corrected chi connectivity index (χ1v) is 8.51. The van der Waals surface area contributed by atoms with Gasteiger partial charge in [0.05, 0.1) is 11.8 Å². The van der Waals surface area contributed by atoms with Crippen LogP contribution in [0.2, 0.25) is 0 Å². The molecule has 0 bridgehead atoms. The molecule has 0 spiro atoms. The number of rotatable bonds is 5. The molecule has 5 amide bonds. The predicted molar refractivity (Wildman–Crippen MR) is 89.4 cm³/mol. The highest BCUT2D eigenvalue weighted by molar-refractivity contribution is 6.07. The Bertz CT molecular complexity index is 631. The molecule has 9 heteroatoms. The van der Waals surface area contributed by atoms with E-state index in [2.05, 4.69) is 5.32 Å². The van der Waals surface area contributed by atoms with Crippen molar-refractivity contribution in [1.29, 1.82) is 0 Å². The average molecular weight is 365 g/mol. The van der Waals surface area contributed by atoms with Crippen molar-refractivity contribution in [3.05, 3.63) is 12.2 Å². The monoisotopic (exact) mass is 365 g/mol. The fourth-order valence-corrected chi connectivity index (χ4v) is 2.95. The molecule has 3 atom stereocenters. The quantitative estimate of drug-likeness (QED) is 0.405. The lowest BCUT2D eigenvalue weighted by atomic mass is 9.85. The Morgan fingerprint density at radius 3 is 2.15 bits per heavy atom. The first-order valence-electron chi connectivity index (χ1n) is 8.51. The Kier molecular flexibility index (Phi) is 6.12. The minimum atomic E-state index is -1.24. The summed E-state index contributed by atoms with van der Waals surface area (Å²) in [6, 6.07) is -0.861. The number of nitrogens with one attached hydrogen (secondary N) is 2. The van der Waals surface area contributed by atoms with Gasteiger partial charge in [0.15, 0.2) is 6.10 Å². The summed E-state index contributed by atoms with van der Waals surface area (Å²) in [7, 11) is 0. The van der Waals surface area contributed by atoms with Crippen LogP contribution in [0, 0.1) is 11.8 Å². The lowest BCUT2D eigenvalue weighted by molar-refractivity contribution is -0.159. The molecular weight excluding hydrogens is 342 g/mol. The number of fused-ring (bicyclic) bond motifs is 1. The maximum absolute atomic E-state index is 12.3. The first-order chi connectivity index (χ1) is 12.2. The predicted octanol–water partition coefficient (Wildman–Crippen LogP) is 0.104. The SMILES string of the molecule is CC(C)NC(=O)NC(=O)C(C)OC(=O)CN1C(=O)C2CC=CCC2C1=O. The van der Waals surface area contributed by atoms with E-state index in [4.69, 9.17) is 4.74 Å². The summed E-state index contributed by atoms with van der Waals surface area (Å²) >= 11 is 0. The van der Waals surface area contributed by atoms with Crippen LogP contribution in [0.1, 0.15) is 33.6 Å². The molecule has 1 aliphatic carbocycles. The summed E-state index contributed by atoms with van der Waals surface area (Å²) in [6.07, 6.45) is 3.41. The lowest BCUT2D eigenvalue weighted by Gasteiger charge is -2.17. The summed E-state index contributed by atoms with van der Waals surface area (Å²) < 4.78 is 4.94. The van der Waals surface area contributed by atoms with Gasteiger partial charge in [0.1, 0.15) is 6.54 Å². The molecule has 3 unspecified atom stereocenters. The number of carbonyl (C=O) groups excluding carboxylic acids is 5. The number of urea groups is 1. The van der Waals surface area contributed by atoms with Gasteiger partial charge in [-0.1, -0.05) is 12.2 Å². The molecule has 0 radical (unpaired) electrons. The van der Waals surface area contributed by atoms with Crippen LogP contribution in [0.5, 0.6) is 0 Å². The molecule has 1 aliphatic heterocycles. The van der Waals surface area contributed by atoms with Gasteiger partial charge in [-0.25, -0.2) is 4.79 Å². The minimum Gasteiger partial charge on any atom is -0.451 e. The number of carbonyl (C=O) groups is 5. The summed E-state index contributed by atoms with van der Waals surface area (Å²) in [5.74, 6) is -3.33. The van der Waals surface area contributed by atoms with Gasteiger partial charge in [-0.05, 0) is 33.6 Å². The van der Waals surface area contributed by atoms with Crippen molar-refractivity contribution >= 4 is 29.7 Å². The van der Waals surface area contributed by atoms with Crippen molar-refractivity contribution in [2.45, 2.75) is 45.8 Å². The molecule has 2 aliphatic rings. The van der Waals surface area contributed by atoms with Gasteiger partial charge in [-0.3, -0.25) is 29.4 Å². The van der Waals surface area contributed by atoms with Gasteiger partial charge in [-0.2, -0.15) is 0 Å². The first kappa shape index (κ1) is 19.6. The largest absolute Gasteiger partial charge is 0.451 e. The van der Waals surface area contributed by atoms with E-state index in [1.165, 1.54) is 6.92 Å². The highest BCUT2D eigenvalue weighted by atomic mass is 16.5. The van der Waals surface area contributed by atoms with Crippen LogP contribution in [0.25, 0.3) is 0 Å². The van der Waals surface area contributed by atoms with E-state index in [1.54, 1.807) is 13.8 Å². The van der Waals surface area contributed by atoms with Crippen molar-refractivity contribution in [3.8, 4) is 0 Å². The van der Waals surface area contributed by atoms with Crippen LogP contribution in [-0.2, 0) is 23.9 Å². The Morgan fingerprint density at radius 1 is 1.12 bits per heavy atom. The van der Waals surface area contributed by atoms with E-state index in [-0.39, 0.29) is 6.04 Å². The average Bonchev–Trinajstić information content (AvgIpc) is 2.79. The second-order valence-electron chi connectivity index (χ2n) is 6.67. The van der Waals surface area contributed by atoms with Crippen LogP contribution in [0.3, 0.4) is 0 Å². The molecule has 2 N–H and O–H groups in total. The van der Waals surface area contributed by atoms with Crippen LogP contribution in [-0.4, -0.2) is 53.3 Å². The van der Waals surface area contributed by atoms with Crippen molar-refractivity contribution < 1.29 is 28.7 Å². The number of likely N-dealkylation sites (tertiary alicyclic amines) is 1. The molecule has 0 saturated carbocycles. The Labute approximate surface area is 151 Å². The zero-order valence-electron chi connectivity index (χ0n) is 15.0. The van der Waals surface area contributed by atoms with E-state index < -0.39 is 54.2 Å². The smallest absolute Gasteiger partial charge is 0.326 e. The highest BCUT2D eigenvalue weighted by Gasteiger charge is 2.47. The molecule has 0 aromatic carbocycles. The van der Waals surface area contributed by atoms with Crippen LogP contribution < -0.4 is 10.6 Å². The summed E-state index contributed by atoms with van der Waals surface area (Å²) in [5.41, 5.74) is 0. The number of esters is 1. The van der Waals surface area contributed by atoms with Crippen molar-refractivity contribution in [2.75, 3.05) is 6.54 Å².